The van der Waals surface area contributed by atoms with Gasteiger partial charge in [0.05, 0.1) is 30.6 Å². The molecule has 0 saturated carbocycles. The number of rotatable bonds is 5. The molecule has 96 valence electrons. The summed E-state index contributed by atoms with van der Waals surface area (Å²) >= 11 is 1.95. The summed E-state index contributed by atoms with van der Waals surface area (Å²) in [6, 6.07) is 0.197. The number of thioether (sulfide) groups is 1. The summed E-state index contributed by atoms with van der Waals surface area (Å²) in [4.78, 5) is 0. The van der Waals surface area contributed by atoms with Crippen molar-refractivity contribution in [3.8, 4) is 0 Å². The van der Waals surface area contributed by atoms with Crippen LogP contribution in [0.3, 0.4) is 0 Å². The maximum atomic E-state index is 5.86. The van der Waals surface area contributed by atoms with Gasteiger partial charge in [-0.3, -0.25) is 4.68 Å². The zero-order valence-corrected chi connectivity index (χ0v) is 11.2. The van der Waals surface area contributed by atoms with Gasteiger partial charge in [0.1, 0.15) is 0 Å². The highest BCUT2D eigenvalue weighted by Crippen LogP contribution is 2.24. The van der Waals surface area contributed by atoms with Gasteiger partial charge in [0.2, 0.25) is 0 Å². The largest absolute Gasteiger partial charge is 0.374 e. The van der Waals surface area contributed by atoms with Crippen molar-refractivity contribution in [2.24, 2.45) is 7.05 Å². The SMILES string of the molecule is CCCNC(c1cnnn1C)C1CSCCO1. The lowest BCUT2D eigenvalue weighted by molar-refractivity contribution is 0.0447. The molecule has 6 heteroatoms. The highest BCUT2D eigenvalue weighted by atomic mass is 32.2. The predicted octanol–water partition coefficient (Wildman–Crippen LogP) is 0.988. The molecule has 0 aliphatic carbocycles. The number of aryl methyl sites for hydroxylation is 1. The van der Waals surface area contributed by atoms with Crippen LogP contribution in [0.4, 0.5) is 0 Å². The van der Waals surface area contributed by atoms with Crippen molar-refractivity contribution < 1.29 is 4.74 Å². The monoisotopic (exact) mass is 256 g/mol. The van der Waals surface area contributed by atoms with Crippen molar-refractivity contribution in [2.45, 2.75) is 25.5 Å². The van der Waals surface area contributed by atoms with Gasteiger partial charge in [-0.1, -0.05) is 12.1 Å². The van der Waals surface area contributed by atoms with Crippen molar-refractivity contribution in [1.82, 2.24) is 20.3 Å². The summed E-state index contributed by atoms with van der Waals surface area (Å²) in [5, 5.41) is 11.5. The van der Waals surface area contributed by atoms with Crippen LogP contribution in [0.15, 0.2) is 6.20 Å². The Labute approximate surface area is 106 Å². The number of aromatic nitrogens is 3. The minimum absolute atomic E-state index is 0.197. The molecule has 2 rings (SSSR count). The molecule has 0 bridgehead atoms. The van der Waals surface area contributed by atoms with Gasteiger partial charge >= 0.3 is 0 Å². The minimum Gasteiger partial charge on any atom is -0.374 e. The van der Waals surface area contributed by atoms with Crippen LogP contribution in [0.2, 0.25) is 0 Å². The second kappa shape index (κ2) is 6.37. The number of hydrogen-bond donors (Lipinski definition) is 1. The lowest BCUT2D eigenvalue weighted by atomic mass is 10.1. The normalized spacial score (nSPS) is 22.6. The second-order valence-electron chi connectivity index (χ2n) is 4.20. The Morgan fingerprint density at radius 1 is 1.71 bits per heavy atom. The Kier molecular flexibility index (Phi) is 4.82. The summed E-state index contributed by atoms with van der Waals surface area (Å²) in [7, 11) is 1.93. The van der Waals surface area contributed by atoms with E-state index in [0.29, 0.717) is 0 Å². The molecule has 1 saturated heterocycles. The van der Waals surface area contributed by atoms with E-state index in [1.807, 2.05) is 29.7 Å². The molecule has 1 aromatic rings. The van der Waals surface area contributed by atoms with Crippen LogP contribution in [-0.2, 0) is 11.8 Å². The van der Waals surface area contributed by atoms with Crippen LogP contribution in [0, 0.1) is 0 Å². The van der Waals surface area contributed by atoms with E-state index in [2.05, 4.69) is 22.6 Å². The standard InChI is InChI=1S/C11H20N4OS/c1-3-4-12-11(9-7-13-14-15(9)2)10-8-17-6-5-16-10/h7,10-12H,3-6,8H2,1-2H3. The Bertz CT molecular complexity index is 338. The van der Waals surface area contributed by atoms with Gasteiger partial charge < -0.3 is 10.1 Å². The van der Waals surface area contributed by atoms with E-state index >= 15 is 0 Å². The van der Waals surface area contributed by atoms with E-state index in [9.17, 15) is 0 Å². The Balaban J connectivity index is 2.09. The summed E-state index contributed by atoms with van der Waals surface area (Å²) in [5.41, 5.74) is 1.10. The second-order valence-corrected chi connectivity index (χ2v) is 5.35. The lowest BCUT2D eigenvalue weighted by Gasteiger charge is -2.30. The van der Waals surface area contributed by atoms with Crippen LogP contribution >= 0.6 is 11.8 Å². The van der Waals surface area contributed by atoms with E-state index < -0.39 is 0 Å². The molecule has 1 fully saturated rings. The Morgan fingerprint density at radius 2 is 2.59 bits per heavy atom. The highest BCUT2D eigenvalue weighted by molar-refractivity contribution is 7.99. The molecule has 17 heavy (non-hydrogen) atoms. The average Bonchev–Trinajstić information content (AvgIpc) is 2.78. The van der Waals surface area contributed by atoms with Gasteiger partial charge in [-0.25, -0.2) is 0 Å². The lowest BCUT2D eigenvalue weighted by Crippen LogP contribution is -2.39. The first-order valence-electron chi connectivity index (χ1n) is 6.10. The summed E-state index contributed by atoms with van der Waals surface area (Å²) in [6.45, 7) is 3.99. The van der Waals surface area contributed by atoms with Crippen molar-refractivity contribution in [3.05, 3.63) is 11.9 Å². The number of hydrogen-bond acceptors (Lipinski definition) is 5. The fraction of sp³-hybridized carbons (Fsp3) is 0.818. The molecule has 0 spiro atoms. The quantitative estimate of drug-likeness (QED) is 0.851. The number of ether oxygens (including phenoxy) is 1. The Hall–Kier alpha value is -0.590. The van der Waals surface area contributed by atoms with Gasteiger partial charge in [0, 0.05) is 18.6 Å². The first kappa shape index (κ1) is 12.9. The Morgan fingerprint density at radius 3 is 3.18 bits per heavy atom. The van der Waals surface area contributed by atoms with E-state index in [1.165, 1.54) is 0 Å². The molecule has 1 aliphatic rings. The van der Waals surface area contributed by atoms with Crippen LogP contribution in [0.5, 0.6) is 0 Å². The van der Waals surface area contributed by atoms with Gasteiger partial charge in [-0.2, -0.15) is 11.8 Å². The van der Waals surface area contributed by atoms with Crippen LogP contribution in [0.25, 0.3) is 0 Å². The third kappa shape index (κ3) is 3.20. The van der Waals surface area contributed by atoms with E-state index in [-0.39, 0.29) is 12.1 Å². The molecule has 1 aromatic heterocycles. The molecule has 2 unspecified atom stereocenters. The fourth-order valence-corrected chi connectivity index (χ4v) is 2.91. The summed E-state index contributed by atoms with van der Waals surface area (Å²) < 4.78 is 7.69. The molecule has 0 radical (unpaired) electrons. The van der Waals surface area contributed by atoms with Crippen molar-refractivity contribution in [1.29, 1.82) is 0 Å². The molecule has 5 nitrogen and oxygen atoms in total. The number of nitrogens with one attached hydrogen (secondary N) is 1. The molecular weight excluding hydrogens is 236 g/mol. The molecule has 1 N–H and O–H groups in total. The van der Waals surface area contributed by atoms with Gasteiger partial charge in [-0.15, -0.1) is 5.10 Å². The first-order valence-corrected chi connectivity index (χ1v) is 7.25. The van der Waals surface area contributed by atoms with E-state index in [0.717, 1.165) is 36.8 Å². The van der Waals surface area contributed by atoms with Gasteiger partial charge in [0.15, 0.2) is 0 Å². The van der Waals surface area contributed by atoms with Crippen LogP contribution < -0.4 is 5.32 Å². The molecule has 0 amide bonds. The molecular formula is C11H20N4OS. The van der Waals surface area contributed by atoms with E-state index in [1.54, 1.807) is 0 Å². The molecule has 0 aromatic carbocycles. The predicted molar refractivity (Wildman–Crippen MR) is 69.1 cm³/mol. The smallest absolute Gasteiger partial charge is 0.0876 e. The summed E-state index contributed by atoms with van der Waals surface area (Å²) in [6.07, 6.45) is 3.16. The van der Waals surface area contributed by atoms with Gasteiger partial charge in [-0.05, 0) is 13.0 Å². The summed E-state index contributed by atoms with van der Waals surface area (Å²) in [5.74, 6) is 2.13. The third-order valence-electron chi connectivity index (χ3n) is 2.90. The highest BCUT2D eigenvalue weighted by Gasteiger charge is 2.28. The average molecular weight is 256 g/mol. The van der Waals surface area contributed by atoms with Gasteiger partial charge in [0.25, 0.3) is 0 Å². The third-order valence-corrected chi connectivity index (χ3v) is 3.92. The van der Waals surface area contributed by atoms with Crippen molar-refractivity contribution in [2.75, 3.05) is 24.7 Å². The minimum atomic E-state index is 0.197. The molecule has 2 heterocycles. The van der Waals surface area contributed by atoms with Crippen LogP contribution in [-0.4, -0.2) is 45.8 Å². The molecule has 1 aliphatic heterocycles. The van der Waals surface area contributed by atoms with Crippen molar-refractivity contribution >= 4 is 11.8 Å². The number of nitrogens with zero attached hydrogens (tertiary/aromatic N) is 3. The zero-order chi connectivity index (χ0) is 12.1. The molecule has 2 atom stereocenters. The van der Waals surface area contributed by atoms with Crippen LogP contribution in [0.1, 0.15) is 25.1 Å². The maximum absolute atomic E-state index is 5.86. The first-order chi connectivity index (χ1) is 8.33. The van der Waals surface area contributed by atoms with E-state index in [4.69, 9.17) is 4.74 Å². The topological polar surface area (TPSA) is 52.0 Å². The van der Waals surface area contributed by atoms with Crippen molar-refractivity contribution in [3.63, 3.8) is 0 Å². The fourth-order valence-electron chi connectivity index (χ4n) is 2.00. The zero-order valence-electron chi connectivity index (χ0n) is 10.4. The maximum Gasteiger partial charge on any atom is 0.0876 e.